The molecule has 66 heavy (non-hydrogen) atoms. The first kappa shape index (κ1) is 59.2. The molecule has 2 N–H and O–H groups in total. The van der Waals surface area contributed by atoms with Crippen LogP contribution >= 0.6 is 0 Å². The van der Waals surface area contributed by atoms with Gasteiger partial charge in [0, 0.05) is 6.54 Å². The summed E-state index contributed by atoms with van der Waals surface area (Å²) in [6.07, 6.45) is 4.02. The number of aromatic nitrogens is 1. The molecule has 0 atom stereocenters. The average molecular weight is 1130 g/mol. The summed E-state index contributed by atoms with van der Waals surface area (Å²) in [4.78, 5) is 49.5. The molecule has 0 aromatic carbocycles. The number of carbonyl (C=O) groups is 3. The van der Waals surface area contributed by atoms with E-state index in [1.807, 2.05) is 34.6 Å². The van der Waals surface area contributed by atoms with Crippen molar-refractivity contribution < 1.29 is 71.3 Å². The van der Waals surface area contributed by atoms with Crippen molar-refractivity contribution in [1.29, 1.82) is 0 Å². The van der Waals surface area contributed by atoms with Crippen LogP contribution in [0.4, 0.5) is 10.5 Å². The molecule has 0 aliphatic carbocycles. The van der Waals surface area contributed by atoms with Gasteiger partial charge in [-0.1, -0.05) is 0 Å². The fraction of sp³-hybridized carbons (Fsp3) is 0.750. The third-order valence-corrected chi connectivity index (χ3v) is 9.88. The number of amidine groups is 1. The Bertz CT molecular complexity index is 1530. The number of hydrogen-bond donors (Lipinski definition) is 2. The summed E-state index contributed by atoms with van der Waals surface area (Å²) < 4.78 is 64.8. The van der Waals surface area contributed by atoms with Crippen molar-refractivity contribution in [2.45, 2.75) is 53.1 Å². The minimum atomic E-state index is -0.523. The van der Waals surface area contributed by atoms with Crippen molar-refractivity contribution in [3.8, 4) is 0 Å². The topological polar surface area (TPSA) is 218 Å². The fourth-order valence-electron chi connectivity index (χ4n) is 5.50. The van der Waals surface area contributed by atoms with Gasteiger partial charge in [0.1, 0.15) is 5.60 Å². The van der Waals surface area contributed by atoms with Crippen LogP contribution in [0.1, 0.15) is 63.5 Å². The van der Waals surface area contributed by atoms with Crippen LogP contribution in [-0.4, -0.2) is 236 Å². The monoisotopic (exact) mass is 1130 g/mol. The summed E-state index contributed by atoms with van der Waals surface area (Å²) in [5, 5.41) is 7.32. The van der Waals surface area contributed by atoms with Gasteiger partial charge in [0.2, 0.25) is 0 Å². The summed E-state index contributed by atoms with van der Waals surface area (Å²) >= 11 is 0.328. The average Bonchev–Trinajstić information content (AvgIpc) is 3.48. The third kappa shape index (κ3) is 29.1. The Kier molecular flexibility index (Phi) is 34.0. The van der Waals surface area contributed by atoms with Crippen molar-refractivity contribution in [2.75, 3.05) is 171 Å². The van der Waals surface area contributed by atoms with E-state index in [1.54, 1.807) is 30.3 Å². The van der Waals surface area contributed by atoms with E-state index >= 15 is 0 Å². The molecule has 1 aromatic rings. The van der Waals surface area contributed by atoms with Crippen LogP contribution in [0, 0.1) is 0 Å². The number of rotatable bonds is 39. The van der Waals surface area contributed by atoms with Gasteiger partial charge in [-0.05, 0) is 20.8 Å². The van der Waals surface area contributed by atoms with Gasteiger partial charge >= 0.3 is 200 Å². The molecular formula is C44H75N6O15Tl. The van der Waals surface area contributed by atoms with Gasteiger partial charge in [-0.15, -0.1) is 0 Å². The molecule has 21 nitrogen and oxygen atoms in total. The maximum atomic E-state index is 13.3. The van der Waals surface area contributed by atoms with Crippen molar-refractivity contribution in [1.82, 2.24) is 20.3 Å². The molecule has 1 aliphatic heterocycles. The SMILES string of the molecule is CCCN(OCC)C(=O)C1=Cc2cnc(C(=O)N(C)CCOCCOCCOCCOCCOCCOCCOCCOCCOCCOCCNC(=O)OC(C)(C)C)cc2N/C(=[N]\[Tl])C1. The third-order valence-electron chi connectivity index (χ3n) is 8.67. The molecule has 0 bridgehead atoms. The van der Waals surface area contributed by atoms with Gasteiger partial charge in [-0.3, -0.25) is 0 Å². The van der Waals surface area contributed by atoms with E-state index in [0.29, 0.717) is 214 Å². The van der Waals surface area contributed by atoms with Gasteiger partial charge in [-0.25, -0.2) is 4.79 Å². The fourth-order valence-corrected chi connectivity index (χ4v) is 6.11. The van der Waals surface area contributed by atoms with Crippen LogP contribution in [0.2, 0.25) is 0 Å². The second-order valence-electron chi connectivity index (χ2n) is 15.3. The van der Waals surface area contributed by atoms with E-state index in [2.05, 4.69) is 18.4 Å². The van der Waals surface area contributed by atoms with E-state index in [9.17, 15) is 14.4 Å². The molecule has 2 rings (SSSR count). The molecule has 1 aromatic heterocycles. The maximum absolute atomic E-state index is 13.3. The van der Waals surface area contributed by atoms with E-state index < -0.39 is 11.7 Å². The van der Waals surface area contributed by atoms with Gasteiger partial charge in [0.25, 0.3) is 0 Å². The van der Waals surface area contributed by atoms with Gasteiger partial charge in [0.15, 0.2) is 0 Å². The Labute approximate surface area is 407 Å². The number of ether oxygens (including phenoxy) is 11. The summed E-state index contributed by atoms with van der Waals surface area (Å²) in [7, 11) is 1.70. The number of hydrogen-bond acceptors (Lipinski definition) is 17. The number of amides is 3. The van der Waals surface area contributed by atoms with Crippen molar-refractivity contribution in [2.24, 2.45) is 2.80 Å². The number of nitrogens with one attached hydrogen (secondary N) is 2. The first-order valence-electron chi connectivity index (χ1n) is 22.7. The number of carbonyl (C=O) groups excluding carboxylic acids is 3. The molecule has 2 heterocycles. The molecule has 22 heteroatoms. The van der Waals surface area contributed by atoms with Crippen LogP contribution in [0.3, 0.4) is 0 Å². The molecule has 1 aliphatic rings. The Morgan fingerprint density at radius 1 is 0.697 bits per heavy atom. The molecule has 0 radical (unpaired) electrons. The molecule has 3 amide bonds. The summed E-state index contributed by atoms with van der Waals surface area (Å²) in [5.74, 6) is 0.211. The van der Waals surface area contributed by atoms with Crippen LogP contribution in [-0.2, 0) is 61.7 Å². The summed E-state index contributed by atoms with van der Waals surface area (Å²) in [5.41, 5.74) is 1.65. The Morgan fingerprint density at radius 3 is 1.58 bits per heavy atom. The van der Waals surface area contributed by atoms with Crippen molar-refractivity contribution in [3.05, 3.63) is 29.1 Å². The number of pyridine rings is 1. The molecule has 0 spiro atoms. The standard InChI is InChI=1S/C44H75N6O15.Tl/c1-7-10-50(64-8-2)41(51)36-32-37-35-47-39(34-38(37)48-40(45)33-36)42(52)49(6)11-13-55-15-17-57-19-21-59-23-25-61-27-29-63-31-30-62-28-26-60-24-22-58-20-18-56-16-14-54-12-9-46-43(53)65-44(3,4)5;/h32,34-35H,7-31,33H2,1-6H3,(H2-,45,46,47,48,51,53);/q-1;+1. The first-order chi connectivity index (χ1) is 32.0. The molecule has 374 valence electrons. The molecular weight excluding hydrogens is 1060 g/mol. The summed E-state index contributed by atoms with van der Waals surface area (Å²) in [6.45, 7) is 19.7. The normalized spacial score (nSPS) is 13.2. The van der Waals surface area contributed by atoms with Crippen molar-refractivity contribution in [3.63, 3.8) is 0 Å². The Balaban J connectivity index is 1.35. The minimum absolute atomic E-state index is 0.207. The van der Waals surface area contributed by atoms with E-state index in [-0.39, 0.29) is 17.5 Å². The van der Waals surface area contributed by atoms with Gasteiger partial charge < -0.3 is 52.7 Å². The molecule has 0 fully saturated rings. The number of hydroxylamine groups is 2. The van der Waals surface area contributed by atoms with Crippen LogP contribution in [0.15, 0.2) is 20.6 Å². The van der Waals surface area contributed by atoms with E-state index in [1.165, 1.54) is 5.06 Å². The molecule has 0 unspecified atom stereocenters. The van der Waals surface area contributed by atoms with Gasteiger partial charge in [0.05, 0.1) is 119 Å². The number of anilines is 1. The second-order valence-corrected chi connectivity index (χ2v) is 16.3. The molecule has 0 saturated heterocycles. The zero-order valence-electron chi connectivity index (χ0n) is 40.1. The number of fused-ring (bicyclic) bond motifs is 1. The van der Waals surface area contributed by atoms with Crippen LogP contribution in [0.5, 0.6) is 0 Å². The van der Waals surface area contributed by atoms with Crippen LogP contribution in [0.25, 0.3) is 6.08 Å². The van der Waals surface area contributed by atoms with E-state index in [4.69, 9.17) is 56.9 Å². The number of nitrogens with zero attached hydrogens (tertiary/aromatic N) is 4. The predicted octanol–water partition coefficient (Wildman–Crippen LogP) is 2.72. The van der Waals surface area contributed by atoms with E-state index in [0.717, 1.165) is 6.42 Å². The number of alkyl carbamates (subject to hydrolysis) is 1. The zero-order valence-corrected chi connectivity index (χ0v) is 44.6. The first-order valence-corrected chi connectivity index (χ1v) is 24.7. The van der Waals surface area contributed by atoms with Gasteiger partial charge in [-0.2, -0.15) is 0 Å². The Morgan fingerprint density at radius 2 is 1.15 bits per heavy atom. The zero-order chi connectivity index (χ0) is 48.1. The Hall–Kier alpha value is -2.95. The number of likely N-dealkylation sites (N-methyl/N-ethyl adjacent to an activating group) is 1. The quantitative estimate of drug-likeness (QED) is 0.0551. The second kappa shape index (κ2) is 38.0. The van der Waals surface area contributed by atoms with Crippen LogP contribution < -0.4 is 10.6 Å². The molecule has 0 saturated carbocycles. The predicted molar refractivity (Wildman–Crippen MR) is 247 cm³/mol. The van der Waals surface area contributed by atoms with Crippen molar-refractivity contribution >= 4 is 61.6 Å². The summed E-state index contributed by atoms with van der Waals surface area (Å²) in [6, 6.07) is 1.69.